The quantitative estimate of drug-likeness (QED) is 0.664. The highest BCUT2D eigenvalue weighted by Crippen LogP contribution is 2.34. The van der Waals surface area contributed by atoms with Gasteiger partial charge in [0, 0.05) is 5.69 Å². The Labute approximate surface area is 155 Å². The summed E-state index contributed by atoms with van der Waals surface area (Å²) in [6.45, 7) is 4.01. The van der Waals surface area contributed by atoms with Crippen LogP contribution in [0.2, 0.25) is 0 Å². The second-order valence-electron chi connectivity index (χ2n) is 5.03. The fourth-order valence-electron chi connectivity index (χ4n) is 2.37. The molecule has 0 bridgehead atoms. The van der Waals surface area contributed by atoms with Crippen LogP contribution in [0.5, 0.6) is 5.75 Å². The van der Waals surface area contributed by atoms with Crippen molar-refractivity contribution in [1.29, 1.82) is 0 Å². The Balaban J connectivity index is 0.00000225. The van der Waals surface area contributed by atoms with Crippen molar-refractivity contribution in [2.75, 3.05) is 19.0 Å². The highest BCUT2D eigenvalue weighted by molar-refractivity contribution is 7.20. The number of nitrogens with one attached hydrogen (secondary N) is 1. The van der Waals surface area contributed by atoms with Gasteiger partial charge >= 0.3 is 5.97 Å². The molecule has 8 heteroatoms. The zero-order valence-corrected chi connectivity index (χ0v) is 15.7. The second-order valence-corrected chi connectivity index (χ2v) is 6.03. The fourth-order valence-corrected chi connectivity index (χ4v) is 3.41. The van der Waals surface area contributed by atoms with Gasteiger partial charge in [0.1, 0.15) is 27.6 Å². The van der Waals surface area contributed by atoms with Crippen LogP contribution in [0.4, 0.5) is 11.5 Å². The number of thiophene rings is 1. The van der Waals surface area contributed by atoms with Gasteiger partial charge in [-0.2, -0.15) is 0 Å². The summed E-state index contributed by atoms with van der Waals surface area (Å²) in [5.41, 5.74) is 1.70. The summed E-state index contributed by atoms with van der Waals surface area (Å²) in [5.74, 6) is 1.12. The Morgan fingerprint density at radius 2 is 1.96 bits per heavy atom. The molecule has 0 spiro atoms. The number of carbonyl (C=O) groups is 1. The average molecular weight is 380 g/mol. The normalized spacial score (nSPS) is 10.2. The first kappa shape index (κ1) is 19.0. The summed E-state index contributed by atoms with van der Waals surface area (Å²) in [6.07, 6.45) is 1.49. The van der Waals surface area contributed by atoms with Crippen LogP contribution in [-0.4, -0.2) is 29.7 Å². The van der Waals surface area contributed by atoms with Crippen LogP contribution in [0.1, 0.15) is 22.2 Å². The maximum atomic E-state index is 12.1. The van der Waals surface area contributed by atoms with Gasteiger partial charge in [0.15, 0.2) is 0 Å². The number of hydrogen-bond acceptors (Lipinski definition) is 7. The Morgan fingerprint density at radius 1 is 1.24 bits per heavy atom. The minimum Gasteiger partial charge on any atom is -0.497 e. The summed E-state index contributed by atoms with van der Waals surface area (Å²) in [7, 11) is 1.63. The Kier molecular flexibility index (Phi) is 6.17. The summed E-state index contributed by atoms with van der Waals surface area (Å²) in [4.78, 5) is 22.0. The van der Waals surface area contributed by atoms with Gasteiger partial charge in [0.2, 0.25) is 0 Å². The maximum Gasteiger partial charge on any atom is 0.348 e. The van der Waals surface area contributed by atoms with Gasteiger partial charge in [-0.25, -0.2) is 14.8 Å². The van der Waals surface area contributed by atoms with E-state index in [-0.39, 0.29) is 18.4 Å². The van der Waals surface area contributed by atoms with Gasteiger partial charge in [-0.1, -0.05) is 0 Å². The third-order valence-electron chi connectivity index (χ3n) is 3.54. The van der Waals surface area contributed by atoms with Gasteiger partial charge in [0.05, 0.1) is 19.1 Å². The van der Waals surface area contributed by atoms with E-state index >= 15 is 0 Å². The molecule has 1 aromatic carbocycles. The predicted octanol–water partition coefficient (Wildman–Crippen LogP) is 4.35. The standard InChI is InChI=1S/C17H17N3O3S.ClH/c1-4-23-17(21)14-10(2)13-15(18-9-19-16(13)24-14)20-11-5-7-12(22-3)8-6-11;/h5-9H,4H2,1-3H3,(H,18,19,20);1H. The minimum atomic E-state index is -0.326. The molecule has 0 aliphatic carbocycles. The van der Waals surface area contributed by atoms with Crippen molar-refractivity contribution < 1.29 is 14.3 Å². The van der Waals surface area contributed by atoms with Gasteiger partial charge in [0.25, 0.3) is 0 Å². The number of benzene rings is 1. The number of aromatic nitrogens is 2. The van der Waals surface area contributed by atoms with Crippen molar-refractivity contribution in [1.82, 2.24) is 9.97 Å². The van der Waals surface area contributed by atoms with Crippen molar-refractivity contribution in [3.63, 3.8) is 0 Å². The minimum absolute atomic E-state index is 0. The van der Waals surface area contributed by atoms with Crippen LogP contribution in [0.25, 0.3) is 10.2 Å². The molecule has 0 saturated heterocycles. The maximum absolute atomic E-state index is 12.1. The lowest BCUT2D eigenvalue weighted by Crippen LogP contribution is -2.03. The van der Waals surface area contributed by atoms with Gasteiger partial charge in [-0.05, 0) is 43.7 Å². The first-order chi connectivity index (χ1) is 11.6. The van der Waals surface area contributed by atoms with Crippen LogP contribution in [0.15, 0.2) is 30.6 Å². The lowest BCUT2D eigenvalue weighted by atomic mass is 10.2. The molecule has 1 N–H and O–H groups in total. The fraction of sp³-hybridized carbons (Fsp3) is 0.235. The molecule has 0 aliphatic rings. The number of nitrogens with zero attached hydrogens (tertiary/aromatic N) is 2. The molecular formula is C17H18ClN3O3S. The topological polar surface area (TPSA) is 73.3 Å². The van der Waals surface area contributed by atoms with Gasteiger partial charge in [-0.15, -0.1) is 23.7 Å². The first-order valence-electron chi connectivity index (χ1n) is 7.46. The molecule has 0 amide bonds. The lowest BCUT2D eigenvalue weighted by molar-refractivity contribution is 0.0531. The smallest absolute Gasteiger partial charge is 0.348 e. The molecule has 2 aromatic heterocycles. The van der Waals surface area contributed by atoms with E-state index < -0.39 is 0 Å². The van der Waals surface area contributed by atoms with E-state index in [2.05, 4.69) is 15.3 Å². The zero-order valence-electron chi connectivity index (χ0n) is 14.0. The third-order valence-corrected chi connectivity index (χ3v) is 4.72. The predicted molar refractivity (Wildman–Crippen MR) is 102 cm³/mol. The van der Waals surface area contributed by atoms with E-state index in [1.54, 1.807) is 14.0 Å². The van der Waals surface area contributed by atoms with Crippen LogP contribution >= 0.6 is 23.7 Å². The summed E-state index contributed by atoms with van der Waals surface area (Å²) in [5, 5.41) is 4.11. The van der Waals surface area contributed by atoms with E-state index in [0.29, 0.717) is 17.3 Å². The van der Waals surface area contributed by atoms with Crippen molar-refractivity contribution in [3.8, 4) is 5.75 Å². The molecule has 0 aliphatic heterocycles. The van der Waals surface area contributed by atoms with E-state index in [0.717, 1.165) is 27.2 Å². The van der Waals surface area contributed by atoms with E-state index in [9.17, 15) is 4.79 Å². The highest BCUT2D eigenvalue weighted by Gasteiger charge is 2.20. The molecule has 0 unspecified atom stereocenters. The molecule has 0 atom stereocenters. The molecular weight excluding hydrogens is 362 g/mol. The van der Waals surface area contributed by atoms with Crippen LogP contribution in [0.3, 0.4) is 0 Å². The Morgan fingerprint density at radius 3 is 2.60 bits per heavy atom. The van der Waals surface area contributed by atoms with E-state index in [4.69, 9.17) is 9.47 Å². The largest absolute Gasteiger partial charge is 0.497 e. The Bertz CT molecular complexity index is 881. The number of aryl methyl sites for hydroxylation is 1. The van der Waals surface area contributed by atoms with Crippen molar-refractivity contribution >= 4 is 51.4 Å². The van der Waals surface area contributed by atoms with Crippen molar-refractivity contribution in [3.05, 3.63) is 41.0 Å². The number of methoxy groups -OCH3 is 1. The third kappa shape index (κ3) is 3.83. The molecule has 132 valence electrons. The molecule has 25 heavy (non-hydrogen) atoms. The summed E-state index contributed by atoms with van der Waals surface area (Å²) >= 11 is 1.32. The summed E-state index contributed by atoms with van der Waals surface area (Å²) in [6, 6.07) is 7.54. The van der Waals surface area contributed by atoms with Crippen LogP contribution in [-0.2, 0) is 4.74 Å². The molecule has 6 nitrogen and oxygen atoms in total. The first-order valence-corrected chi connectivity index (χ1v) is 8.28. The molecule has 2 heterocycles. The zero-order chi connectivity index (χ0) is 17.1. The van der Waals surface area contributed by atoms with Crippen molar-refractivity contribution in [2.24, 2.45) is 0 Å². The Hall–Kier alpha value is -2.38. The molecule has 3 aromatic rings. The van der Waals surface area contributed by atoms with Gasteiger partial charge in [-0.3, -0.25) is 0 Å². The number of ether oxygens (including phenoxy) is 2. The van der Waals surface area contributed by atoms with Crippen molar-refractivity contribution in [2.45, 2.75) is 13.8 Å². The highest BCUT2D eigenvalue weighted by atomic mass is 35.5. The second kappa shape index (κ2) is 8.13. The number of carbonyl (C=O) groups excluding carboxylic acids is 1. The lowest BCUT2D eigenvalue weighted by Gasteiger charge is -2.08. The van der Waals surface area contributed by atoms with Gasteiger partial charge < -0.3 is 14.8 Å². The number of rotatable bonds is 5. The molecule has 0 saturated carbocycles. The number of hydrogen-bond donors (Lipinski definition) is 1. The molecule has 0 radical (unpaired) electrons. The summed E-state index contributed by atoms with van der Waals surface area (Å²) < 4.78 is 10.3. The SMILES string of the molecule is CCOC(=O)c1sc2ncnc(Nc3ccc(OC)cc3)c2c1C.Cl. The van der Waals surface area contributed by atoms with E-state index in [1.165, 1.54) is 17.7 Å². The monoisotopic (exact) mass is 379 g/mol. The number of anilines is 2. The molecule has 3 rings (SSSR count). The molecule has 0 fully saturated rings. The average Bonchev–Trinajstić information content (AvgIpc) is 2.94. The number of halogens is 1. The van der Waals surface area contributed by atoms with Crippen LogP contribution < -0.4 is 10.1 Å². The van der Waals surface area contributed by atoms with Crippen LogP contribution in [0, 0.1) is 6.92 Å². The number of esters is 1. The van der Waals surface area contributed by atoms with E-state index in [1.807, 2.05) is 31.2 Å². The number of fused-ring (bicyclic) bond motifs is 1.